The molecule has 1 fully saturated rings. The van der Waals surface area contributed by atoms with Gasteiger partial charge in [-0.2, -0.15) is 0 Å². The van der Waals surface area contributed by atoms with Crippen molar-refractivity contribution in [3.63, 3.8) is 0 Å². The van der Waals surface area contributed by atoms with E-state index in [0.717, 1.165) is 35.4 Å². The van der Waals surface area contributed by atoms with E-state index in [2.05, 4.69) is 46.3 Å². The SMILES string of the molecule is CNC(=O)C1CCCN1Cc1nnc(-c2ccc(Br)cn2)n1-c1ccc(OC)nc1. The highest BCUT2D eigenvalue weighted by molar-refractivity contribution is 9.10. The van der Waals surface area contributed by atoms with E-state index < -0.39 is 0 Å². The van der Waals surface area contributed by atoms with Crippen molar-refractivity contribution >= 4 is 21.8 Å². The Kier molecular flexibility index (Phi) is 6.05. The molecule has 3 aromatic heterocycles. The number of likely N-dealkylation sites (N-methyl/N-ethyl adjacent to an activating group) is 1. The molecular weight excluding hydrogens is 450 g/mol. The molecule has 4 rings (SSSR count). The van der Waals surface area contributed by atoms with Crippen molar-refractivity contribution in [1.82, 2.24) is 34.9 Å². The van der Waals surface area contributed by atoms with E-state index in [1.165, 1.54) is 0 Å². The van der Waals surface area contributed by atoms with Crippen LogP contribution in [0.15, 0.2) is 41.1 Å². The predicted molar refractivity (Wildman–Crippen MR) is 114 cm³/mol. The lowest BCUT2D eigenvalue weighted by molar-refractivity contribution is -0.125. The largest absolute Gasteiger partial charge is 0.481 e. The van der Waals surface area contributed by atoms with Crippen molar-refractivity contribution in [2.24, 2.45) is 0 Å². The highest BCUT2D eigenvalue weighted by Crippen LogP contribution is 2.26. The summed E-state index contributed by atoms with van der Waals surface area (Å²) in [7, 11) is 3.25. The minimum atomic E-state index is -0.164. The number of methoxy groups -OCH3 is 1. The molecular formula is C20H22BrN7O2. The van der Waals surface area contributed by atoms with Crippen LogP contribution >= 0.6 is 15.9 Å². The molecule has 1 amide bonds. The van der Waals surface area contributed by atoms with E-state index in [4.69, 9.17) is 4.74 Å². The first-order valence-electron chi connectivity index (χ1n) is 9.63. The van der Waals surface area contributed by atoms with Crippen molar-refractivity contribution in [1.29, 1.82) is 0 Å². The lowest BCUT2D eigenvalue weighted by Gasteiger charge is -2.22. The van der Waals surface area contributed by atoms with Gasteiger partial charge >= 0.3 is 0 Å². The molecule has 9 nitrogen and oxygen atoms in total. The van der Waals surface area contributed by atoms with Crippen molar-refractivity contribution in [2.45, 2.75) is 25.4 Å². The Morgan fingerprint density at radius 1 is 1.23 bits per heavy atom. The van der Waals surface area contributed by atoms with Gasteiger partial charge in [0.05, 0.1) is 31.6 Å². The van der Waals surface area contributed by atoms with Crippen molar-refractivity contribution in [2.75, 3.05) is 20.7 Å². The fourth-order valence-electron chi connectivity index (χ4n) is 3.65. The standard InChI is InChI=1S/C20H22BrN7O2/c1-22-20(29)16-4-3-9-27(16)12-17-25-26-19(15-7-5-13(21)10-23-15)28(17)14-6-8-18(30-2)24-11-14/h5-8,10-11,16H,3-4,9,12H2,1-2H3,(H,22,29). The van der Waals surface area contributed by atoms with Crippen LogP contribution in [0.25, 0.3) is 17.2 Å². The normalized spacial score (nSPS) is 16.6. The number of likely N-dealkylation sites (tertiary alicyclic amines) is 1. The Balaban J connectivity index is 1.74. The van der Waals surface area contributed by atoms with Gasteiger partial charge in [0.2, 0.25) is 11.8 Å². The van der Waals surface area contributed by atoms with E-state index in [1.807, 2.05) is 22.8 Å². The van der Waals surface area contributed by atoms with Gasteiger partial charge in [-0.3, -0.25) is 19.2 Å². The van der Waals surface area contributed by atoms with Gasteiger partial charge in [0, 0.05) is 23.8 Å². The number of hydrogen-bond acceptors (Lipinski definition) is 7. The summed E-state index contributed by atoms with van der Waals surface area (Å²) < 4.78 is 8.00. The molecule has 0 radical (unpaired) electrons. The van der Waals surface area contributed by atoms with E-state index in [-0.39, 0.29) is 11.9 Å². The van der Waals surface area contributed by atoms with Crippen molar-refractivity contribution in [3.8, 4) is 23.1 Å². The number of hydrogen-bond donors (Lipinski definition) is 1. The number of aromatic nitrogens is 5. The average molecular weight is 472 g/mol. The molecule has 1 aliphatic rings. The van der Waals surface area contributed by atoms with Gasteiger partial charge in [-0.25, -0.2) is 4.98 Å². The summed E-state index contributed by atoms with van der Waals surface area (Å²) in [4.78, 5) is 23.2. The number of carbonyl (C=O) groups excluding carboxylic acids is 1. The number of rotatable bonds is 6. The monoisotopic (exact) mass is 471 g/mol. The second-order valence-corrected chi connectivity index (χ2v) is 7.85. The molecule has 4 heterocycles. The van der Waals surface area contributed by atoms with E-state index in [9.17, 15) is 4.79 Å². The summed E-state index contributed by atoms with van der Waals surface area (Å²) in [5.74, 6) is 1.88. The summed E-state index contributed by atoms with van der Waals surface area (Å²) in [6, 6.07) is 7.33. The van der Waals surface area contributed by atoms with Crippen LogP contribution in [0.4, 0.5) is 0 Å². The highest BCUT2D eigenvalue weighted by Gasteiger charge is 2.31. The maximum Gasteiger partial charge on any atom is 0.237 e. The number of halogens is 1. The van der Waals surface area contributed by atoms with Crippen LogP contribution in [0, 0.1) is 0 Å². The summed E-state index contributed by atoms with van der Waals surface area (Å²) >= 11 is 3.41. The Bertz CT molecular complexity index is 1020. The van der Waals surface area contributed by atoms with Gasteiger partial charge < -0.3 is 10.1 Å². The Labute approximate surface area is 182 Å². The summed E-state index contributed by atoms with van der Waals surface area (Å²) in [5, 5.41) is 11.6. The number of pyridine rings is 2. The highest BCUT2D eigenvalue weighted by atomic mass is 79.9. The quantitative estimate of drug-likeness (QED) is 0.588. The topological polar surface area (TPSA) is 98.1 Å². The van der Waals surface area contributed by atoms with Crippen LogP contribution in [-0.4, -0.2) is 62.3 Å². The zero-order valence-corrected chi connectivity index (χ0v) is 18.3. The van der Waals surface area contributed by atoms with Crippen molar-refractivity contribution < 1.29 is 9.53 Å². The first kappa shape index (κ1) is 20.4. The molecule has 156 valence electrons. The lowest BCUT2D eigenvalue weighted by Crippen LogP contribution is -2.41. The van der Waals surface area contributed by atoms with Crippen LogP contribution in [-0.2, 0) is 11.3 Å². The molecule has 0 aromatic carbocycles. The maximum absolute atomic E-state index is 12.3. The third-order valence-electron chi connectivity index (χ3n) is 5.13. The molecule has 0 spiro atoms. The van der Waals surface area contributed by atoms with Crippen LogP contribution in [0.1, 0.15) is 18.7 Å². The van der Waals surface area contributed by atoms with Gasteiger partial charge in [-0.1, -0.05) is 0 Å². The number of amides is 1. The van der Waals surface area contributed by atoms with Crippen LogP contribution < -0.4 is 10.1 Å². The molecule has 0 aliphatic carbocycles. The van der Waals surface area contributed by atoms with Crippen LogP contribution in [0.5, 0.6) is 5.88 Å². The van der Waals surface area contributed by atoms with Crippen LogP contribution in [0.2, 0.25) is 0 Å². The van der Waals surface area contributed by atoms with Gasteiger partial charge in [-0.15, -0.1) is 10.2 Å². The first-order valence-corrected chi connectivity index (χ1v) is 10.4. The number of carbonyl (C=O) groups is 1. The summed E-state index contributed by atoms with van der Waals surface area (Å²) in [6.07, 6.45) is 5.24. The fourth-order valence-corrected chi connectivity index (χ4v) is 3.88. The summed E-state index contributed by atoms with van der Waals surface area (Å²) in [6.45, 7) is 1.32. The number of nitrogens with zero attached hydrogens (tertiary/aromatic N) is 6. The van der Waals surface area contributed by atoms with Gasteiger partial charge in [-0.05, 0) is 53.5 Å². The van der Waals surface area contributed by atoms with Crippen molar-refractivity contribution in [3.05, 3.63) is 47.0 Å². The lowest BCUT2D eigenvalue weighted by atomic mass is 10.2. The second-order valence-electron chi connectivity index (χ2n) is 6.94. The molecule has 0 bridgehead atoms. The van der Waals surface area contributed by atoms with Gasteiger partial charge in [0.1, 0.15) is 5.69 Å². The zero-order valence-electron chi connectivity index (χ0n) is 16.7. The molecule has 1 atom stereocenters. The van der Waals surface area contributed by atoms with Gasteiger partial charge in [0.15, 0.2) is 11.6 Å². The third-order valence-corrected chi connectivity index (χ3v) is 5.60. The number of nitrogens with one attached hydrogen (secondary N) is 1. The van der Waals surface area contributed by atoms with E-state index >= 15 is 0 Å². The zero-order chi connectivity index (χ0) is 21.1. The third kappa shape index (κ3) is 4.05. The minimum Gasteiger partial charge on any atom is -0.481 e. The molecule has 1 aliphatic heterocycles. The Morgan fingerprint density at radius 2 is 2.10 bits per heavy atom. The Hall–Kier alpha value is -2.85. The number of ether oxygens (including phenoxy) is 1. The molecule has 1 saturated heterocycles. The fraction of sp³-hybridized carbons (Fsp3) is 0.350. The molecule has 30 heavy (non-hydrogen) atoms. The van der Waals surface area contributed by atoms with E-state index in [0.29, 0.717) is 23.9 Å². The molecule has 10 heteroatoms. The molecule has 0 saturated carbocycles. The van der Waals surface area contributed by atoms with Crippen LogP contribution in [0.3, 0.4) is 0 Å². The minimum absolute atomic E-state index is 0.0273. The smallest absolute Gasteiger partial charge is 0.237 e. The second kappa shape index (κ2) is 8.88. The Morgan fingerprint density at radius 3 is 2.77 bits per heavy atom. The van der Waals surface area contributed by atoms with E-state index in [1.54, 1.807) is 32.6 Å². The van der Waals surface area contributed by atoms with Gasteiger partial charge in [0.25, 0.3) is 0 Å². The maximum atomic E-state index is 12.3. The predicted octanol–water partition coefficient (Wildman–Crippen LogP) is 2.21. The summed E-state index contributed by atoms with van der Waals surface area (Å²) in [5.41, 5.74) is 1.49. The first-order chi connectivity index (χ1) is 14.6. The molecule has 1 N–H and O–H groups in total. The molecule has 1 unspecified atom stereocenters. The average Bonchev–Trinajstić information content (AvgIpc) is 3.41. The molecule has 3 aromatic rings.